The van der Waals surface area contributed by atoms with E-state index in [1.165, 1.54) is 0 Å². The topological polar surface area (TPSA) is 138 Å². The van der Waals surface area contributed by atoms with Gasteiger partial charge in [-0.25, -0.2) is 4.98 Å². The van der Waals surface area contributed by atoms with Crippen LogP contribution in [0.2, 0.25) is 0 Å². The molecule has 3 aromatic rings. The van der Waals surface area contributed by atoms with E-state index in [9.17, 15) is 19.6 Å². The van der Waals surface area contributed by atoms with Crippen molar-refractivity contribution in [3.63, 3.8) is 0 Å². The number of amides is 2. The lowest BCUT2D eigenvalue weighted by atomic mass is 9.74. The molecule has 2 atom stereocenters. The predicted molar refractivity (Wildman–Crippen MR) is 150 cm³/mol. The molecule has 2 aromatic heterocycles. The van der Waals surface area contributed by atoms with E-state index in [-0.39, 0.29) is 37.3 Å². The van der Waals surface area contributed by atoms with E-state index in [4.69, 9.17) is 4.84 Å². The zero-order valence-electron chi connectivity index (χ0n) is 22.8. The number of nitrogens with one attached hydrogen (secondary N) is 2. The molecule has 1 aliphatic rings. The van der Waals surface area contributed by atoms with E-state index in [1.807, 2.05) is 61.0 Å². The van der Waals surface area contributed by atoms with Gasteiger partial charge in [0, 0.05) is 36.7 Å². The summed E-state index contributed by atoms with van der Waals surface area (Å²) in [5.74, 6) is -1.49. The Bertz CT molecular complexity index is 1340. The summed E-state index contributed by atoms with van der Waals surface area (Å²) in [5.41, 5.74) is 1.22. The maximum absolute atomic E-state index is 13.5. The summed E-state index contributed by atoms with van der Waals surface area (Å²) < 4.78 is 2.01. The van der Waals surface area contributed by atoms with Crippen molar-refractivity contribution in [2.45, 2.75) is 64.5 Å². The number of rotatable bonds is 11. The summed E-state index contributed by atoms with van der Waals surface area (Å²) in [7, 11) is -1.71. The Hall–Kier alpha value is -3.70. The third kappa shape index (κ3) is 6.48. The van der Waals surface area contributed by atoms with Gasteiger partial charge >= 0.3 is 7.12 Å². The molecule has 4 rings (SSSR count). The second-order valence-corrected chi connectivity index (χ2v) is 10.8. The molecule has 0 saturated carbocycles. The summed E-state index contributed by atoms with van der Waals surface area (Å²) in [6, 6.07) is 13.2. The Balaban J connectivity index is 1.49. The number of hydrogen-bond donors (Lipinski definition) is 4. The highest BCUT2D eigenvalue weighted by atomic mass is 16.7. The Labute approximate surface area is 228 Å². The van der Waals surface area contributed by atoms with Gasteiger partial charge in [-0.2, -0.15) is 0 Å². The molecule has 4 N–H and O–H groups in total. The van der Waals surface area contributed by atoms with Gasteiger partial charge in [-0.3, -0.25) is 9.59 Å². The summed E-state index contributed by atoms with van der Waals surface area (Å²) in [6.45, 7) is 8.07. The largest absolute Gasteiger partial charge is 0.475 e. The number of aromatic nitrogens is 2. The van der Waals surface area contributed by atoms with E-state index in [1.54, 1.807) is 12.3 Å². The third-order valence-electron chi connectivity index (χ3n) is 6.86. The highest BCUT2D eigenvalue weighted by Gasteiger charge is 2.48. The molecule has 0 saturated heterocycles. The fraction of sp³-hybridized carbons (Fsp3) is 0.429. The number of oxime groups is 1. The van der Waals surface area contributed by atoms with Crippen LogP contribution < -0.4 is 10.6 Å². The Morgan fingerprint density at radius 3 is 2.54 bits per heavy atom. The summed E-state index contributed by atoms with van der Waals surface area (Å²) in [5, 5.41) is 30.3. The minimum atomic E-state index is -1.71. The summed E-state index contributed by atoms with van der Waals surface area (Å²) >= 11 is 0. The molecule has 11 heteroatoms. The molecule has 0 radical (unpaired) electrons. The molecule has 3 heterocycles. The van der Waals surface area contributed by atoms with Crippen LogP contribution in [0.5, 0.6) is 0 Å². The van der Waals surface area contributed by atoms with Crippen molar-refractivity contribution >= 4 is 35.7 Å². The average molecular weight is 533 g/mol. The van der Waals surface area contributed by atoms with Gasteiger partial charge in [0.25, 0.3) is 11.8 Å². The normalized spacial score (nSPS) is 17.7. The van der Waals surface area contributed by atoms with Crippen LogP contribution in [-0.2, 0) is 16.1 Å². The number of fused-ring (bicyclic) bond motifs is 1. The third-order valence-corrected chi connectivity index (χ3v) is 6.86. The molecular formula is C28H36BN5O5. The maximum atomic E-state index is 13.5. The SMILES string of the molecule is CC(C)CC(NC(=O)C1(Cc2ccccc2)CC(CNC(=O)c2ccnc3c2ccn3C(C)C)=NO1)B(O)O. The smallest absolute Gasteiger partial charge is 0.426 e. The van der Waals surface area contributed by atoms with Gasteiger partial charge in [-0.05, 0) is 43.9 Å². The van der Waals surface area contributed by atoms with Gasteiger partial charge in [0.05, 0.1) is 23.8 Å². The van der Waals surface area contributed by atoms with Crippen molar-refractivity contribution < 1.29 is 24.5 Å². The second kappa shape index (κ2) is 12.0. The van der Waals surface area contributed by atoms with Gasteiger partial charge < -0.3 is 30.1 Å². The first-order chi connectivity index (χ1) is 18.6. The molecule has 10 nitrogen and oxygen atoms in total. The molecule has 2 amide bonds. The van der Waals surface area contributed by atoms with Crippen LogP contribution in [0.1, 0.15) is 62.5 Å². The quantitative estimate of drug-likeness (QED) is 0.280. The van der Waals surface area contributed by atoms with Crippen molar-refractivity contribution in [3.05, 3.63) is 66.0 Å². The molecular weight excluding hydrogens is 497 g/mol. The van der Waals surface area contributed by atoms with Crippen LogP contribution in [0.25, 0.3) is 11.0 Å². The minimum Gasteiger partial charge on any atom is -0.426 e. The fourth-order valence-corrected chi connectivity index (χ4v) is 4.88. The van der Waals surface area contributed by atoms with Crippen LogP contribution in [0.15, 0.2) is 60.0 Å². The van der Waals surface area contributed by atoms with Crippen LogP contribution >= 0.6 is 0 Å². The lowest BCUT2D eigenvalue weighted by Crippen LogP contribution is -2.56. The van der Waals surface area contributed by atoms with Crippen molar-refractivity contribution in [3.8, 4) is 0 Å². The molecule has 0 spiro atoms. The molecule has 39 heavy (non-hydrogen) atoms. The fourth-order valence-electron chi connectivity index (χ4n) is 4.88. The number of carbonyl (C=O) groups is 2. The first-order valence-corrected chi connectivity index (χ1v) is 13.3. The molecule has 0 aliphatic carbocycles. The Morgan fingerprint density at radius 2 is 1.87 bits per heavy atom. The maximum Gasteiger partial charge on any atom is 0.475 e. The summed E-state index contributed by atoms with van der Waals surface area (Å²) in [6.07, 6.45) is 4.28. The van der Waals surface area contributed by atoms with Crippen LogP contribution in [0.3, 0.4) is 0 Å². The first kappa shape index (κ1) is 28.3. The molecule has 206 valence electrons. The van der Waals surface area contributed by atoms with Crippen LogP contribution in [0, 0.1) is 5.92 Å². The van der Waals surface area contributed by atoms with Gasteiger partial charge in [0.15, 0.2) is 0 Å². The monoisotopic (exact) mass is 533 g/mol. The number of carbonyl (C=O) groups excluding carboxylic acids is 2. The van der Waals surface area contributed by atoms with Crippen molar-refractivity contribution in [1.82, 2.24) is 20.2 Å². The van der Waals surface area contributed by atoms with Gasteiger partial charge in [-0.15, -0.1) is 0 Å². The molecule has 0 bridgehead atoms. The zero-order valence-corrected chi connectivity index (χ0v) is 22.8. The number of benzene rings is 1. The highest BCUT2D eigenvalue weighted by molar-refractivity contribution is 6.43. The number of pyridine rings is 1. The van der Waals surface area contributed by atoms with E-state index < -0.39 is 24.6 Å². The lowest BCUT2D eigenvalue weighted by molar-refractivity contribution is -0.144. The Morgan fingerprint density at radius 1 is 1.13 bits per heavy atom. The predicted octanol–water partition coefficient (Wildman–Crippen LogP) is 2.65. The Kier molecular flexibility index (Phi) is 8.71. The minimum absolute atomic E-state index is 0.0927. The number of hydrogen-bond acceptors (Lipinski definition) is 7. The van der Waals surface area contributed by atoms with E-state index in [0.717, 1.165) is 16.6 Å². The lowest BCUT2D eigenvalue weighted by Gasteiger charge is -2.29. The molecule has 0 fully saturated rings. The van der Waals surface area contributed by atoms with E-state index >= 15 is 0 Å². The molecule has 1 aromatic carbocycles. The average Bonchev–Trinajstić information content (AvgIpc) is 3.52. The highest BCUT2D eigenvalue weighted by Crippen LogP contribution is 2.29. The molecule has 1 aliphatic heterocycles. The van der Waals surface area contributed by atoms with Crippen LogP contribution in [-0.4, -0.2) is 62.3 Å². The van der Waals surface area contributed by atoms with Crippen molar-refractivity contribution in [2.75, 3.05) is 6.54 Å². The van der Waals surface area contributed by atoms with E-state index in [2.05, 4.69) is 34.6 Å². The number of nitrogens with zero attached hydrogens (tertiary/aromatic N) is 3. The second-order valence-electron chi connectivity index (χ2n) is 10.8. The standard InChI is InChI=1S/C28H36BN5O5/c1-18(2)14-24(29(37)38)32-27(36)28(15-20-8-6-5-7-9-20)16-21(33-39-28)17-31-26(35)23-10-12-30-25-22(23)11-13-34(25)19(3)4/h5-13,18-19,24,37-38H,14-17H2,1-4H3,(H,31,35)(H,32,36). The van der Waals surface area contributed by atoms with E-state index in [0.29, 0.717) is 17.7 Å². The van der Waals surface area contributed by atoms with Crippen molar-refractivity contribution in [2.24, 2.45) is 11.1 Å². The van der Waals surface area contributed by atoms with Crippen molar-refractivity contribution in [1.29, 1.82) is 0 Å². The zero-order chi connectivity index (χ0) is 28.2. The van der Waals surface area contributed by atoms with Gasteiger partial charge in [0.1, 0.15) is 5.65 Å². The van der Waals surface area contributed by atoms with Gasteiger partial charge in [-0.1, -0.05) is 49.3 Å². The van der Waals surface area contributed by atoms with Crippen LogP contribution in [0.4, 0.5) is 0 Å². The summed E-state index contributed by atoms with van der Waals surface area (Å²) in [4.78, 5) is 36.9. The molecule has 2 unspecified atom stereocenters. The first-order valence-electron chi connectivity index (χ1n) is 13.3. The van der Waals surface area contributed by atoms with Gasteiger partial charge in [0.2, 0.25) is 5.60 Å².